The van der Waals surface area contributed by atoms with Crippen molar-refractivity contribution in [1.82, 2.24) is 0 Å². The minimum absolute atomic E-state index is 0.100. The van der Waals surface area contributed by atoms with E-state index in [4.69, 9.17) is 5.73 Å². The molecule has 2 rings (SSSR count). The molecule has 0 aromatic carbocycles. The van der Waals surface area contributed by atoms with Crippen molar-refractivity contribution in [3.05, 3.63) is 12.2 Å². The third-order valence-electron chi connectivity index (χ3n) is 3.66. The summed E-state index contributed by atoms with van der Waals surface area (Å²) >= 11 is 0. The first kappa shape index (κ1) is 8.79. The average molecular weight is 179 g/mol. The third kappa shape index (κ3) is 1.62. The van der Waals surface area contributed by atoms with Gasteiger partial charge in [0.05, 0.1) is 0 Å². The topological polar surface area (TPSA) is 43.1 Å². The molecular formula is C11H17NO. The van der Waals surface area contributed by atoms with Crippen molar-refractivity contribution < 1.29 is 4.79 Å². The normalized spacial score (nSPS) is 38.3. The second kappa shape index (κ2) is 3.17. The highest BCUT2D eigenvalue weighted by atomic mass is 16.1. The predicted octanol–water partition coefficient (Wildman–Crippen LogP) is 2.00. The van der Waals surface area contributed by atoms with Crippen LogP contribution >= 0.6 is 0 Å². The van der Waals surface area contributed by atoms with Crippen LogP contribution in [0.1, 0.15) is 38.5 Å². The molecule has 0 radical (unpaired) electrons. The minimum atomic E-state index is -0.100. The Morgan fingerprint density at radius 2 is 2.00 bits per heavy atom. The van der Waals surface area contributed by atoms with Gasteiger partial charge in [-0.2, -0.15) is 0 Å². The summed E-state index contributed by atoms with van der Waals surface area (Å²) in [5.74, 6) is 0.0523. The van der Waals surface area contributed by atoms with Gasteiger partial charge in [0.1, 0.15) is 0 Å². The lowest BCUT2D eigenvalue weighted by molar-refractivity contribution is -0.123. The summed E-state index contributed by atoms with van der Waals surface area (Å²) in [5.41, 5.74) is 5.75. The van der Waals surface area contributed by atoms with Gasteiger partial charge in [-0.3, -0.25) is 4.79 Å². The van der Waals surface area contributed by atoms with E-state index in [1.807, 2.05) is 0 Å². The number of allylic oxidation sites excluding steroid dienone is 2. The molecule has 2 heteroatoms. The molecule has 0 atom stereocenters. The van der Waals surface area contributed by atoms with Crippen molar-refractivity contribution in [2.75, 3.05) is 0 Å². The molecule has 2 aliphatic carbocycles. The SMILES string of the molecule is NC(=O)C1CCC2(C=CCC2)CC1. The lowest BCUT2D eigenvalue weighted by Gasteiger charge is -2.34. The van der Waals surface area contributed by atoms with Gasteiger partial charge in [-0.05, 0) is 43.9 Å². The average Bonchev–Trinajstić information content (AvgIpc) is 2.54. The molecule has 0 aliphatic heterocycles. The van der Waals surface area contributed by atoms with E-state index >= 15 is 0 Å². The van der Waals surface area contributed by atoms with Gasteiger partial charge in [0, 0.05) is 5.92 Å². The molecule has 0 aromatic rings. The number of rotatable bonds is 1. The fourth-order valence-electron chi connectivity index (χ4n) is 2.68. The van der Waals surface area contributed by atoms with Crippen molar-refractivity contribution in [3.63, 3.8) is 0 Å². The number of carbonyl (C=O) groups excluding carboxylic acids is 1. The predicted molar refractivity (Wildman–Crippen MR) is 52.0 cm³/mol. The van der Waals surface area contributed by atoms with Gasteiger partial charge in [0.25, 0.3) is 0 Å². The molecule has 2 N–H and O–H groups in total. The summed E-state index contributed by atoms with van der Waals surface area (Å²) in [6, 6.07) is 0. The quantitative estimate of drug-likeness (QED) is 0.615. The Morgan fingerprint density at radius 1 is 1.31 bits per heavy atom. The van der Waals surface area contributed by atoms with Crippen molar-refractivity contribution in [3.8, 4) is 0 Å². The standard InChI is InChI=1S/C11H17NO/c12-10(13)9-3-7-11(8-4-9)5-1-2-6-11/h1,5,9H,2-4,6-8H2,(H2,12,13). The van der Waals surface area contributed by atoms with E-state index < -0.39 is 0 Å². The van der Waals surface area contributed by atoms with Gasteiger partial charge in [-0.15, -0.1) is 0 Å². The Morgan fingerprint density at radius 3 is 2.46 bits per heavy atom. The molecule has 0 saturated heterocycles. The van der Waals surface area contributed by atoms with Gasteiger partial charge in [-0.1, -0.05) is 12.2 Å². The molecule has 72 valence electrons. The van der Waals surface area contributed by atoms with E-state index in [2.05, 4.69) is 12.2 Å². The summed E-state index contributed by atoms with van der Waals surface area (Å²) in [6.07, 6.45) is 11.5. The molecule has 2 aliphatic rings. The van der Waals surface area contributed by atoms with Crippen LogP contribution in [0.2, 0.25) is 0 Å². The first-order valence-corrected chi connectivity index (χ1v) is 5.19. The Hall–Kier alpha value is -0.790. The van der Waals surface area contributed by atoms with Crippen molar-refractivity contribution >= 4 is 5.91 Å². The summed E-state index contributed by atoms with van der Waals surface area (Å²) in [4.78, 5) is 11.0. The highest BCUT2D eigenvalue weighted by molar-refractivity contribution is 5.76. The Balaban J connectivity index is 1.96. The van der Waals surface area contributed by atoms with E-state index in [9.17, 15) is 4.79 Å². The Labute approximate surface area is 79.2 Å². The lowest BCUT2D eigenvalue weighted by atomic mass is 9.70. The molecule has 2 nitrogen and oxygen atoms in total. The molecule has 0 unspecified atom stereocenters. The summed E-state index contributed by atoms with van der Waals surface area (Å²) in [5, 5.41) is 0. The molecule has 1 spiro atoms. The van der Waals surface area contributed by atoms with Gasteiger partial charge < -0.3 is 5.73 Å². The van der Waals surface area contributed by atoms with Crippen LogP contribution in [0.5, 0.6) is 0 Å². The monoisotopic (exact) mass is 179 g/mol. The summed E-state index contributed by atoms with van der Waals surface area (Å²) in [7, 11) is 0. The van der Waals surface area contributed by atoms with Crippen molar-refractivity contribution in [2.45, 2.75) is 38.5 Å². The van der Waals surface area contributed by atoms with E-state index in [0.717, 1.165) is 25.7 Å². The first-order chi connectivity index (χ1) is 6.22. The summed E-state index contributed by atoms with van der Waals surface area (Å²) < 4.78 is 0. The maximum atomic E-state index is 11.0. The zero-order valence-electron chi connectivity index (χ0n) is 7.96. The van der Waals surface area contributed by atoms with Gasteiger partial charge in [0.15, 0.2) is 0 Å². The smallest absolute Gasteiger partial charge is 0.220 e. The number of nitrogens with two attached hydrogens (primary N) is 1. The Kier molecular flexibility index (Phi) is 2.14. The number of amides is 1. The molecule has 13 heavy (non-hydrogen) atoms. The second-order valence-corrected chi connectivity index (χ2v) is 4.48. The highest BCUT2D eigenvalue weighted by Crippen LogP contribution is 2.46. The zero-order valence-corrected chi connectivity index (χ0v) is 7.96. The number of primary amides is 1. The fourth-order valence-corrected chi connectivity index (χ4v) is 2.68. The van der Waals surface area contributed by atoms with Crippen LogP contribution in [-0.2, 0) is 4.79 Å². The largest absolute Gasteiger partial charge is 0.369 e. The van der Waals surface area contributed by atoms with Crippen LogP contribution in [0.3, 0.4) is 0 Å². The number of carbonyl (C=O) groups is 1. The fraction of sp³-hybridized carbons (Fsp3) is 0.727. The van der Waals surface area contributed by atoms with Crippen LogP contribution < -0.4 is 5.73 Å². The molecule has 1 saturated carbocycles. The van der Waals surface area contributed by atoms with Crippen molar-refractivity contribution in [2.24, 2.45) is 17.1 Å². The highest BCUT2D eigenvalue weighted by Gasteiger charge is 2.35. The van der Waals surface area contributed by atoms with E-state index in [1.165, 1.54) is 12.8 Å². The van der Waals surface area contributed by atoms with E-state index in [0.29, 0.717) is 5.41 Å². The first-order valence-electron chi connectivity index (χ1n) is 5.19. The van der Waals surface area contributed by atoms with Crippen molar-refractivity contribution in [1.29, 1.82) is 0 Å². The lowest BCUT2D eigenvalue weighted by Crippen LogP contribution is -2.31. The van der Waals surface area contributed by atoms with Crippen LogP contribution in [0.25, 0.3) is 0 Å². The molecular weight excluding hydrogens is 162 g/mol. The number of hydrogen-bond donors (Lipinski definition) is 1. The molecule has 0 bridgehead atoms. The number of hydrogen-bond acceptors (Lipinski definition) is 1. The Bertz CT molecular complexity index is 236. The zero-order chi connectivity index (χ0) is 9.31. The van der Waals surface area contributed by atoms with Gasteiger partial charge in [-0.25, -0.2) is 0 Å². The minimum Gasteiger partial charge on any atom is -0.369 e. The molecule has 0 heterocycles. The van der Waals surface area contributed by atoms with Crippen LogP contribution in [-0.4, -0.2) is 5.91 Å². The molecule has 1 fully saturated rings. The van der Waals surface area contributed by atoms with Gasteiger partial charge >= 0.3 is 0 Å². The van der Waals surface area contributed by atoms with E-state index in [1.54, 1.807) is 0 Å². The molecule has 0 aromatic heterocycles. The maximum absolute atomic E-state index is 11.0. The van der Waals surface area contributed by atoms with E-state index in [-0.39, 0.29) is 11.8 Å². The van der Waals surface area contributed by atoms with Crippen LogP contribution in [0.4, 0.5) is 0 Å². The van der Waals surface area contributed by atoms with Crippen LogP contribution in [0.15, 0.2) is 12.2 Å². The second-order valence-electron chi connectivity index (χ2n) is 4.48. The van der Waals surface area contributed by atoms with Gasteiger partial charge in [0.2, 0.25) is 5.91 Å². The summed E-state index contributed by atoms with van der Waals surface area (Å²) in [6.45, 7) is 0. The van der Waals surface area contributed by atoms with Crippen LogP contribution in [0, 0.1) is 11.3 Å². The third-order valence-corrected chi connectivity index (χ3v) is 3.66. The molecule has 1 amide bonds. The maximum Gasteiger partial charge on any atom is 0.220 e.